The van der Waals surface area contributed by atoms with Crippen molar-refractivity contribution in [2.24, 2.45) is 4.99 Å². The molecule has 11 heteroatoms. The molecule has 2 heterocycles. The van der Waals surface area contributed by atoms with Crippen molar-refractivity contribution < 1.29 is 27.5 Å². The van der Waals surface area contributed by atoms with Gasteiger partial charge in [0.1, 0.15) is 5.75 Å². The fourth-order valence-corrected chi connectivity index (χ4v) is 2.85. The number of fused-ring (bicyclic) bond motifs is 1. The second-order valence-corrected chi connectivity index (χ2v) is 7.12. The van der Waals surface area contributed by atoms with Gasteiger partial charge in [0.15, 0.2) is 23.3 Å². The summed E-state index contributed by atoms with van der Waals surface area (Å²) in [5.41, 5.74) is 0.467. The summed E-state index contributed by atoms with van der Waals surface area (Å²) in [4.78, 5) is 8.82. The van der Waals surface area contributed by atoms with Gasteiger partial charge in [0.25, 0.3) is 0 Å². The van der Waals surface area contributed by atoms with Gasteiger partial charge in [0.2, 0.25) is 12.7 Å². The van der Waals surface area contributed by atoms with Crippen LogP contribution in [0.2, 0.25) is 0 Å². The summed E-state index contributed by atoms with van der Waals surface area (Å²) in [6.07, 6.45) is 1.40. The number of aliphatic imine (C=N–C) groups is 1. The lowest BCUT2D eigenvalue weighted by Crippen LogP contribution is -2.37. The molecule has 2 aromatic rings. The Bertz CT molecular complexity index is 888. The molecule has 0 saturated heterocycles. The Kier molecular flexibility index (Phi) is 7.85. The van der Waals surface area contributed by atoms with Gasteiger partial charge in [-0.25, -0.2) is 4.99 Å². The van der Waals surface area contributed by atoms with Crippen LogP contribution in [0.25, 0.3) is 0 Å². The van der Waals surface area contributed by atoms with Gasteiger partial charge < -0.3 is 29.4 Å². The molecule has 0 bridgehead atoms. The first kappa shape index (κ1) is 22.6. The van der Waals surface area contributed by atoms with E-state index in [-0.39, 0.29) is 25.0 Å². The van der Waals surface area contributed by atoms with Crippen LogP contribution >= 0.6 is 0 Å². The number of ether oxygens (including phenoxy) is 3. The van der Waals surface area contributed by atoms with Crippen molar-refractivity contribution in [2.45, 2.75) is 52.7 Å². The van der Waals surface area contributed by atoms with Crippen molar-refractivity contribution in [3.05, 3.63) is 29.4 Å². The highest BCUT2D eigenvalue weighted by Gasteiger charge is 2.20. The molecule has 2 N–H and O–H groups in total. The van der Waals surface area contributed by atoms with Crippen molar-refractivity contribution in [1.82, 2.24) is 20.8 Å². The van der Waals surface area contributed by atoms with E-state index in [0.717, 1.165) is 6.42 Å². The minimum Gasteiger partial charge on any atom is -0.454 e. The van der Waals surface area contributed by atoms with E-state index in [4.69, 9.17) is 14.0 Å². The van der Waals surface area contributed by atoms with Crippen LogP contribution in [0.5, 0.6) is 17.2 Å². The lowest BCUT2D eigenvalue weighted by atomic mass is 10.1. The van der Waals surface area contributed by atoms with Crippen LogP contribution in [0.3, 0.4) is 0 Å². The van der Waals surface area contributed by atoms with E-state index in [9.17, 15) is 8.78 Å². The highest BCUT2D eigenvalue weighted by molar-refractivity contribution is 5.79. The van der Waals surface area contributed by atoms with Crippen molar-refractivity contribution in [1.29, 1.82) is 0 Å². The Balaban J connectivity index is 1.58. The average Bonchev–Trinajstić information content (AvgIpc) is 3.37. The molecular weight excluding hydrogens is 412 g/mol. The molecule has 1 aliphatic heterocycles. The molecule has 3 rings (SSSR count). The summed E-state index contributed by atoms with van der Waals surface area (Å²) < 4.78 is 46.0. The molecule has 1 aromatic carbocycles. The van der Waals surface area contributed by atoms with E-state index in [1.165, 1.54) is 6.07 Å². The zero-order valence-corrected chi connectivity index (χ0v) is 17.8. The van der Waals surface area contributed by atoms with Crippen LogP contribution in [-0.2, 0) is 13.0 Å². The van der Waals surface area contributed by atoms with Gasteiger partial charge in [-0.1, -0.05) is 19.0 Å². The number of hydrogen-bond acceptors (Lipinski definition) is 7. The van der Waals surface area contributed by atoms with Crippen LogP contribution in [0.15, 0.2) is 21.6 Å². The number of nitrogens with zero attached hydrogens (tertiary/aromatic N) is 3. The molecule has 0 amide bonds. The van der Waals surface area contributed by atoms with Gasteiger partial charge in [-0.3, -0.25) is 0 Å². The Morgan fingerprint density at radius 2 is 2.00 bits per heavy atom. The Morgan fingerprint density at radius 3 is 2.68 bits per heavy atom. The molecule has 0 aliphatic carbocycles. The van der Waals surface area contributed by atoms with Crippen molar-refractivity contribution in [3.63, 3.8) is 0 Å². The van der Waals surface area contributed by atoms with Gasteiger partial charge in [0.05, 0.1) is 6.54 Å². The van der Waals surface area contributed by atoms with Gasteiger partial charge in [-0.15, -0.1) is 0 Å². The third-order valence-corrected chi connectivity index (χ3v) is 4.38. The maximum atomic E-state index is 12.8. The number of guanidine groups is 1. The lowest BCUT2D eigenvalue weighted by molar-refractivity contribution is -0.0505. The molecule has 1 aliphatic rings. The van der Waals surface area contributed by atoms with Crippen LogP contribution in [0.4, 0.5) is 8.78 Å². The van der Waals surface area contributed by atoms with E-state index in [0.29, 0.717) is 54.2 Å². The number of rotatable bonds is 10. The third-order valence-electron chi connectivity index (χ3n) is 4.38. The standard InChI is InChI=1S/C20H27F2N5O4/c1-4-23-20(24-7-5-6-17-26-18(12(2)3)27-31-17)25-10-13-8-15-16(29-11-28-15)9-14(13)30-19(21)22/h8-9,12,19H,4-7,10-11H2,1-3H3,(H2,23,24,25). The van der Waals surface area contributed by atoms with Gasteiger partial charge in [0, 0.05) is 37.1 Å². The molecule has 0 fully saturated rings. The predicted octanol–water partition coefficient (Wildman–Crippen LogP) is 3.21. The SMILES string of the molecule is CCNC(=NCc1cc2c(cc1OC(F)F)OCO2)NCCCc1nc(C(C)C)no1. The molecule has 0 atom stereocenters. The van der Waals surface area contributed by atoms with Crippen LogP contribution in [0, 0.1) is 0 Å². The molecule has 170 valence electrons. The Labute approximate surface area is 179 Å². The highest BCUT2D eigenvalue weighted by atomic mass is 19.3. The van der Waals surface area contributed by atoms with E-state index in [1.807, 2.05) is 20.8 Å². The molecule has 31 heavy (non-hydrogen) atoms. The zero-order chi connectivity index (χ0) is 22.2. The quantitative estimate of drug-likeness (QED) is 0.331. The topological polar surface area (TPSA) is 103 Å². The number of aryl methyl sites for hydroxylation is 1. The monoisotopic (exact) mass is 439 g/mol. The van der Waals surface area contributed by atoms with E-state index >= 15 is 0 Å². The second-order valence-electron chi connectivity index (χ2n) is 7.12. The first-order valence-corrected chi connectivity index (χ1v) is 10.2. The molecule has 9 nitrogen and oxygen atoms in total. The Morgan fingerprint density at radius 1 is 1.23 bits per heavy atom. The summed E-state index contributed by atoms with van der Waals surface area (Å²) in [6.45, 7) is 4.43. The van der Waals surface area contributed by atoms with E-state index in [2.05, 4.69) is 30.5 Å². The maximum absolute atomic E-state index is 12.8. The smallest absolute Gasteiger partial charge is 0.387 e. The van der Waals surface area contributed by atoms with Crippen LogP contribution in [-0.4, -0.2) is 42.6 Å². The van der Waals surface area contributed by atoms with Crippen LogP contribution < -0.4 is 24.8 Å². The van der Waals surface area contributed by atoms with E-state index < -0.39 is 6.61 Å². The van der Waals surface area contributed by atoms with E-state index in [1.54, 1.807) is 6.07 Å². The number of benzene rings is 1. The fourth-order valence-electron chi connectivity index (χ4n) is 2.85. The highest BCUT2D eigenvalue weighted by Crippen LogP contribution is 2.39. The van der Waals surface area contributed by atoms with Crippen molar-refractivity contribution in [2.75, 3.05) is 19.9 Å². The molecule has 0 saturated carbocycles. The molecule has 0 unspecified atom stereocenters. The number of nitrogens with one attached hydrogen (secondary N) is 2. The predicted molar refractivity (Wildman–Crippen MR) is 109 cm³/mol. The summed E-state index contributed by atoms with van der Waals surface area (Å²) in [5.74, 6) is 2.93. The molecule has 0 spiro atoms. The van der Waals surface area contributed by atoms with Gasteiger partial charge in [-0.05, 0) is 19.4 Å². The lowest BCUT2D eigenvalue weighted by Gasteiger charge is -2.13. The van der Waals surface area contributed by atoms with Gasteiger partial charge >= 0.3 is 6.61 Å². The zero-order valence-electron chi connectivity index (χ0n) is 17.8. The Hall–Kier alpha value is -3.11. The number of hydrogen-bond donors (Lipinski definition) is 2. The summed E-state index contributed by atoms with van der Waals surface area (Å²) >= 11 is 0. The number of halogens is 2. The molecular formula is C20H27F2N5O4. The van der Waals surface area contributed by atoms with Crippen molar-refractivity contribution in [3.8, 4) is 17.2 Å². The second kappa shape index (κ2) is 10.8. The normalized spacial score (nSPS) is 13.2. The molecule has 1 aromatic heterocycles. The van der Waals surface area contributed by atoms with Crippen molar-refractivity contribution >= 4 is 5.96 Å². The van der Waals surface area contributed by atoms with Crippen LogP contribution in [0.1, 0.15) is 50.4 Å². The first-order valence-electron chi connectivity index (χ1n) is 10.2. The third kappa shape index (κ3) is 6.43. The number of aromatic nitrogens is 2. The summed E-state index contributed by atoms with van der Waals surface area (Å²) in [6, 6.07) is 3.00. The molecule has 0 radical (unpaired) electrons. The first-order chi connectivity index (χ1) is 15.0. The minimum atomic E-state index is -2.95. The average molecular weight is 439 g/mol. The summed E-state index contributed by atoms with van der Waals surface area (Å²) in [5, 5.41) is 10.3. The maximum Gasteiger partial charge on any atom is 0.387 e. The largest absolute Gasteiger partial charge is 0.454 e. The fraction of sp³-hybridized carbons (Fsp3) is 0.550. The number of alkyl halides is 2. The van der Waals surface area contributed by atoms with Gasteiger partial charge in [-0.2, -0.15) is 13.8 Å². The minimum absolute atomic E-state index is 0.0104. The summed E-state index contributed by atoms with van der Waals surface area (Å²) in [7, 11) is 0.